The van der Waals surface area contributed by atoms with Crippen molar-refractivity contribution in [1.29, 1.82) is 0 Å². The van der Waals surface area contributed by atoms with Crippen LogP contribution in [0.15, 0.2) is 34.4 Å². The standard InChI is InChI=1S/C21H24N6O4/c1-12(2)13-5-6-15-17(9-13)25(4)21(30)27(15)16-7-8-18(28)26(19(16)29)11-14-10-22-20(23-31)24(14)3/h5-6,9-10,12,16H,7-8,11H2,1-4H3/p+1. The van der Waals surface area contributed by atoms with E-state index in [9.17, 15) is 19.3 Å². The first-order valence-corrected chi connectivity index (χ1v) is 10.2. The number of fused-ring (bicyclic) bond motifs is 1. The molecule has 0 bridgehead atoms. The summed E-state index contributed by atoms with van der Waals surface area (Å²) in [6.07, 6.45) is 1.95. The van der Waals surface area contributed by atoms with E-state index in [1.54, 1.807) is 24.9 Å². The predicted molar refractivity (Wildman–Crippen MR) is 113 cm³/mol. The van der Waals surface area contributed by atoms with Crippen molar-refractivity contribution in [2.75, 3.05) is 0 Å². The Morgan fingerprint density at radius 1 is 1.23 bits per heavy atom. The van der Waals surface area contributed by atoms with Crippen molar-refractivity contribution in [2.45, 2.75) is 45.2 Å². The molecule has 2 aromatic heterocycles. The third-order valence-electron chi connectivity index (χ3n) is 6.10. The van der Waals surface area contributed by atoms with Crippen LogP contribution in [-0.4, -0.2) is 30.8 Å². The number of imidazole rings is 2. The molecule has 0 saturated carbocycles. The van der Waals surface area contributed by atoms with E-state index in [0.29, 0.717) is 17.1 Å². The van der Waals surface area contributed by atoms with Gasteiger partial charge in [-0.1, -0.05) is 24.8 Å². The lowest BCUT2D eigenvalue weighted by Crippen LogP contribution is -2.48. The van der Waals surface area contributed by atoms with Crippen molar-refractivity contribution in [2.24, 2.45) is 19.3 Å². The van der Waals surface area contributed by atoms with E-state index in [2.05, 4.69) is 24.0 Å². The number of carbonyl (C=O) groups is 2. The van der Waals surface area contributed by atoms with Crippen LogP contribution in [0, 0.1) is 4.91 Å². The molecule has 1 fully saturated rings. The molecule has 1 saturated heterocycles. The van der Waals surface area contributed by atoms with Crippen molar-refractivity contribution in [3.05, 3.63) is 51.0 Å². The topological polar surface area (TPSA) is 113 Å². The minimum absolute atomic E-state index is 0.00625. The van der Waals surface area contributed by atoms with Gasteiger partial charge in [-0.05, 0) is 30.0 Å². The Morgan fingerprint density at radius 2 is 1.97 bits per heavy atom. The molecule has 1 unspecified atom stereocenters. The molecule has 3 heterocycles. The van der Waals surface area contributed by atoms with Gasteiger partial charge in [0.25, 0.3) is 5.91 Å². The van der Waals surface area contributed by atoms with Gasteiger partial charge in [0.2, 0.25) is 5.91 Å². The van der Waals surface area contributed by atoms with Gasteiger partial charge in [-0.15, -0.1) is 0 Å². The SMILES string of the molecule is CC(C)c1ccc2c(c1)n(C)c(=O)n2C1CCC(=O)N(Cc2c[nH]c(N=O)[n+]2C)C1=O. The molecule has 10 nitrogen and oxygen atoms in total. The first kappa shape index (κ1) is 20.7. The number of aromatic amines is 1. The number of amides is 2. The maximum Gasteiger partial charge on any atom is 0.440 e. The molecule has 162 valence electrons. The number of nitrogens with one attached hydrogen (secondary N) is 1. The lowest BCUT2D eigenvalue weighted by atomic mass is 10.0. The molecular formula is C21H25N6O4+. The van der Waals surface area contributed by atoms with Crippen LogP contribution in [0.4, 0.5) is 5.95 Å². The molecule has 0 spiro atoms. The molecule has 1 aliphatic heterocycles. The zero-order valence-electron chi connectivity index (χ0n) is 18.0. The fraction of sp³-hybridized carbons (Fsp3) is 0.429. The van der Waals surface area contributed by atoms with Crippen LogP contribution in [0.1, 0.15) is 49.9 Å². The van der Waals surface area contributed by atoms with Crippen LogP contribution in [-0.2, 0) is 30.2 Å². The second-order valence-corrected chi connectivity index (χ2v) is 8.24. The smallest absolute Gasteiger partial charge is 0.295 e. The molecule has 10 heteroatoms. The van der Waals surface area contributed by atoms with Crippen LogP contribution in [0.5, 0.6) is 0 Å². The van der Waals surface area contributed by atoms with E-state index < -0.39 is 11.9 Å². The van der Waals surface area contributed by atoms with Gasteiger partial charge in [-0.3, -0.25) is 23.6 Å². The molecule has 2 amide bonds. The Bertz CT molecular complexity index is 1260. The number of aryl methyl sites for hydroxylation is 1. The summed E-state index contributed by atoms with van der Waals surface area (Å²) >= 11 is 0. The minimum atomic E-state index is -0.772. The van der Waals surface area contributed by atoms with Crippen LogP contribution < -0.4 is 10.3 Å². The summed E-state index contributed by atoms with van der Waals surface area (Å²) in [5, 5.41) is 2.87. The number of hydrogen-bond donors (Lipinski definition) is 1. The number of imide groups is 1. The van der Waals surface area contributed by atoms with Crippen molar-refractivity contribution in [3.8, 4) is 0 Å². The molecule has 3 aromatic rings. The fourth-order valence-electron chi connectivity index (χ4n) is 4.15. The van der Waals surface area contributed by atoms with Crippen LogP contribution in [0.2, 0.25) is 0 Å². The maximum absolute atomic E-state index is 13.3. The number of carbonyl (C=O) groups excluding carboxylic acids is 2. The Balaban J connectivity index is 1.74. The van der Waals surface area contributed by atoms with Gasteiger partial charge < -0.3 is 0 Å². The van der Waals surface area contributed by atoms with Crippen molar-refractivity contribution < 1.29 is 14.2 Å². The predicted octanol–water partition coefficient (Wildman–Crippen LogP) is 1.90. The van der Waals surface area contributed by atoms with E-state index in [1.165, 1.54) is 9.13 Å². The Labute approximate surface area is 178 Å². The highest BCUT2D eigenvalue weighted by Crippen LogP contribution is 2.29. The highest BCUT2D eigenvalue weighted by Gasteiger charge is 2.38. The van der Waals surface area contributed by atoms with E-state index >= 15 is 0 Å². The summed E-state index contributed by atoms with van der Waals surface area (Å²) in [6.45, 7) is 4.15. The summed E-state index contributed by atoms with van der Waals surface area (Å²) in [7, 11) is 3.32. The number of nitrogens with zero attached hydrogens (tertiary/aromatic N) is 5. The van der Waals surface area contributed by atoms with E-state index in [-0.39, 0.29) is 36.9 Å². The number of H-pyrrole nitrogens is 1. The van der Waals surface area contributed by atoms with Gasteiger partial charge in [-0.2, -0.15) is 0 Å². The highest BCUT2D eigenvalue weighted by atomic mass is 16.3. The van der Waals surface area contributed by atoms with E-state index in [1.807, 2.05) is 18.2 Å². The maximum atomic E-state index is 13.3. The lowest BCUT2D eigenvalue weighted by Gasteiger charge is -2.30. The number of likely N-dealkylation sites (tertiary alicyclic amines) is 1. The highest BCUT2D eigenvalue weighted by molar-refractivity contribution is 6.00. The molecule has 0 aliphatic carbocycles. The molecule has 1 aromatic carbocycles. The Hall–Kier alpha value is -3.56. The number of benzene rings is 1. The first-order chi connectivity index (χ1) is 14.7. The van der Waals surface area contributed by atoms with Crippen LogP contribution in [0.25, 0.3) is 11.0 Å². The first-order valence-electron chi connectivity index (χ1n) is 10.2. The van der Waals surface area contributed by atoms with Gasteiger partial charge in [0.1, 0.15) is 11.7 Å². The quantitative estimate of drug-likeness (QED) is 0.382. The van der Waals surface area contributed by atoms with Crippen molar-refractivity contribution in [1.82, 2.24) is 19.0 Å². The zero-order valence-corrected chi connectivity index (χ0v) is 18.0. The van der Waals surface area contributed by atoms with E-state index in [0.717, 1.165) is 16.0 Å². The van der Waals surface area contributed by atoms with Crippen molar-refractivity contribution >= 4 is 28.8 Å². The summed E-state index contributed by atoms with van der Waals surface area (Å²) in [5.41, 5.74) is 2.80. The Morgan fingerprint density at radius 3 is 2.61 bits per heavy atom. The molecule has 1 atom stereocenters. The second-order valence-electron chi connectivity index (χ2n) is 8.24. The number of aromatic nitrogens is 4. The average Bonchev–Trinajstić information content (AvgIpc) is 3.22. The number of rotatable bonds is 5. The second kappa shape index (κ2) is 7.60. The Kier molecular flexibility index (Phi) is 5.08. The van der Waals surface area contributed by atoms with Crippen LogP contribution >= 0.6 is 0 Å². The largest absolute Gasteiger partial charge is 0.440 e. The summed E-state index contributed by atoms with van der Waals surface area (Å²) in [4.78, 5) is 53.7. The molecule has 31 heavy (non-hydrogen) atoms. The molecular weight excluding hydrogens is 400 g/mol. The average molecular weight is 425 g/mol. The zero-order chi connectivity index (χ0) is 22.4. The molecule has 1 aliphatic rings. The lowest BCUT2D eigenvalue weighted by molar-refractivity contribution is -0.665. The monoisotopic (exact) mass is 425 g/mol. The van der Waals surface area contributed by atoms with Gasteiger partial charge >= 0.3 is 11.6 Å². The van der Waals surface area contributed by atoms with Gasteiger partial charge in [0.15, 0.2) is 5.18 Å². The van der Waals surface area contributed by atoms with Crippen molar-refractivity contribution in [3.63, 3.8) is 0 Å². The van der Waals surface area contributed by atoms with Gasteiger partial charge in [0.05, 0.1) is 30.8 Å². The normalized spacial score (nSPS) is 17.2. The van der Waals surface area contributed by atoms with Gasteiger partial charge in [-0.25, -0.2) is 14.3 Å². The summed E-state index contributed by atoms with van der Waals surface area (Å²) < 4.78 is 4.54. The van der Waals surface area contributed by atoms with Gasteiger partial charge in [0, 0.05) is 13.5 Å². The number of hydrogen-bond acceptors (Lipinski definition) is 5. The summed E-state index contributed by atoms with van der Waals surface area (Å²) in [5.74, 6) is -0.339. The number of piperidine rings is 1. The minimum Gasteiger partial charge on any atom is -0.295 e. The molecule has 4 rings (SSSR count). The van der Waals surface area contributed by atoms with E-state index in [4.69, 9.17) is 0 Å². The third kappa shape index (κ3) is 3.28. The number of nitroso groups, excluding NO2 is 1. The molecule has 0 radical (unpaired) electrons. The molecule has 1 N–H and O–H groups in total. The van der Waals surface area contributed by atoms with Crippen LogP contribution in [0.3, 0.4) is 0 Å². The fourth-order valence-corrected chi connectivity index (χ4v) is 4.15. The summed E-state index contributed by atoms with van der Waals surface area (Å²) in [6, 6.07) is 5.04. The third-order valence-corrected chi connectivity index (χ3v) is 6.10.